The Morgan fingerprint density at radius 2 is 1.80 bits per heavy atom. The Hall–Kier alpha value is -1.41. The van der Waals surface area contributed by atoms with E-state index >= 15 is 0 Å². The van der Waals surface area contributed by atoms with E-state index in [0.29, 0.717) is 0 Å². The third-order valence-corrected chi connectivity index (χ3v) is 2.52. The molecule has 3 nitrogen and oxygen atoms in total. The van der Waals surface area contributed by atoms with Crippen LogP contribution in [0.25, 0.3) is 0 Å². The lowest BCUT2D eigenvalue weighted by Crippen LogP contribution is -1.98. The van der Waals surface area contributed by atoms with E-state index in [4.69, 9.17) is 5.26 Å². The molecule has 0 aliphatic heterocycles. The molecule has 0 spiro atoms. The minimum atomic E-state index is -3.45. The molecule has 1 rings (SSSR count). The lowest BCUT2D eigenvalue weighted by Gasteiger charge is -1.98. The summed E-state index contributed by atoms with van der Waals surface area (Å²) in [5.74, 6) is -0.723. The number of benzene rings is 1. The molecule has 15 heavy (non-hydrogen) atoms. The molecule has 0 heterocycles. The summed E-state index contributed by atoms with van der Waals surface area (Å²) in [6.07, 6.45) is 0.961. The summed E-state index contributed by atoms with van der Waals surface area (Å²) in [5, 5.41) is 8.44. The van der Waals surface area contributed by atoms with E-state index in [1.807, 2.05) is 13.8 Å². The first-order valence-corrected chi connectivity index (χ1v) is 6.23. The predicted octanol–water partition coefficient (Wildman–Crippen LogP) is 2.13. The molecule has 1 aromatic carbocycles. The van der Waals surface area contributed by atoms with Crippen LogP contribution in [-0.4, -0.2) is 14.7 Å². The van der Waals surface area contributed by atoms with Gasteiger partial charge in [0.15, 0.2) is 9.84 Å². The fraction of sp³-hybridized carbons (Fsp3) is 0.300. The molecule has 0 amide bonds. The third-order valence-electron chi connectivity index (χ3n) is 1.43. The summed E-state index contributed by atoms with van der Waals surface area (Å²) in [7, 11) is -3.45. The number of sulfone groups is 1. The van der Waals surface area contributed by atoms with Crippen LogP contribution in [-0.2, 0) is 9.84 Å². The zero-order valence-corrected chi connectivity index (χ0v) is 9.60. The number of nitriles is 1. The highest BCUT2D eigenvalue weighted by Crippen LogP contribution is 2.13. The van der Waals surface area contributed by atoms with Crippen molar-refractivity contribution >= 4 is 9.84 Å². The van der Waals surface area contributed by atoms with Gasteiger partial charge in [0, 0.05) is 6.26 Å². The standard InChI is InChI=1S/C8H6FNO2S.C2H6/c1-13(11,12)8-3-6(5-10)2-7(9)4-8;1-2/h2-4H,1H3;1-2H3. The number of nitrogens with zero attached hydrogens (tertiary/aromatic N) is 1. The van der Waals surface area contributed by atoms with Crippen molar-refractivity contribution in [2.24, 2.45) is 0 Å². The van der Waals surface area contributed by atoms with Gasteiger partial charge in [0.25, 0.3) is 0 Å². The van der Waals surface area contributed by atoms with Crippen molar-refractivity contribution < 1.29 is 12.8 Å². The van der Waals surface area contributed by atoms with Gasteiger partial charge in [-0.15, -0.1) is 0 Å². The second kappa shape index (κ2) is 5.47. The van der Waals surface area contributed by atoms with Gasteiger partial charge in [-0.25, -0.2) is 12.8 Å². The maximum Gasteiger partial charge on any atom is 0.175 e. The third kappa shape index (κ3) is 4.09. The summed E-state index contributed by atoms with van der Waals surface area (Å²) in [5.41, 5.74) is 0.000394. The molecule has 5 heteroatoms. The van der Waals surface area contributed by atoms with Gasteiger partial charge in [-0.2, -0.15) is 5.26 Å². The van der Waals surface area contributed by atoms with Gasteiger partial charge in [0.05, 0.1) is 16.5 Å². The second-order valence-electron chi connectivity index (χ2n) is 2.56. The highest BCUT2D eigenvalue weighted by atomic mass is 32.2. The zero-order valence-electron chi connectivity index (χ0n) is 8.78. The van der Waals surface area contributed by atoms with Gasteiger partial charge in [-0.05, 0) is 18.2 Å². The Balaban J connectivity index is 0.000000921. The van der Waals surface area contributed by atoms with Crippen LogP contribution in [0.5, 0.6) is 0 Å². The van der Waals surface area contributed by atoms with Crippen molar-refractivity contribution in [3.8, 4) is 6.07 Å². The van der Waals surface area contributed by atoms with Crippen LogP contribution >= 0.6 is 0 Å². The van der Waals surface area contributed by atoms with Crippen LogP contribution in [0.2, 0.25) is 0 Å². The molecule has 0 bridgehead atoms. The normalized spacial score (nSPS) is 9.80. The molecule has 0 saturated carbocycles. The quantitative estimate of drug-likeness (QED) is 0.741. The van der Waals surface area contributed by atoms with Crippen molar-refractivity contribution in [1.82, 2.24) is 0 Å². The minimum absolute atomic E-state index is 0.000394. The number of halogens is 1. The lowest BCUT2D eigenvalue weighted by atomic mass is 10.2. The Kier molecular flexibility index (Phi) is 4.95. The number of hydrogen-bond acceptors (Lipinski definition) is 3. The van der Waals surface area contributed by atoms with Gasteiger partial charge < -0.3 is 0 Å². The van der Waals surface area contributed by atoms with Crippen molar-refractivity contribution in [2.45, 2.75) is 18.7 Å². The molecule has 0 aliphatic carbocycles. The van der Waals surface area contributed by atoms with Gasteiger partial charge in [0.1, 0.15) is 5.82 Å². The average Bonchev–Trinajstić information content (AvgIpc) is 2.18. The Morgan fingerprint density at radius 1 is 1.27 bits per heavy atom. The van der Waals surface area contributed by atoms with Gasteiger partial charge in [-0.3, -0.25) is 0 Å². The molecule has 0 aromatic heterocycles. The Bertz CT molecular complexity index is 475. The summed E-state index contributed by atoms with van der Waals surface area (Å²) in [6, 6.07) is 4.68. The summed E-state index contributed by atoms with van der Waals surface area (Å²) < 4.78 is 34.7. The summed E-state index contributed by atoms with van der Waals surface area (Å²) >= 11 is 0. The first kappa shape index (κ1) is 13.6. The first-order valence-electron chi connectivity index (χ1n) is 4.34. The smallest absolute Gasteiger partial charge is 0.175 e. The van der Waals surface area contributed by atoms with Gasteiger partial charge in [-0.1, -0.05) is 13.8 Å². The van der Waals surface area contributed by atoms with E-state index in [1.165, 1.54) is 0 Å². The number of hydrogen-bond donors (Lipinski definition) is 0. The molecular formula is C10H12FNO2S. The fourth-order valence-electron chi connectivity index (χ4n) is 0.841. The topological polar surface area (TPSA) is 57.9 Å². The van der Waals surface area contributed by atoms with Crippen LogP contribution < -0.4 is 0 Å². The molecule has 1 aromatic rings. The van der Waals surface area contributed by atoms with E-state index in [-0.39, 0.29) is 10.5 Å². The van der Waals surface area contributed by atoms with Gasteiger partial charge in [0.2, 0.25) is 0 Å². The van der Waals surface area contributed by atoms with Crippen LogP contribution in [0.1, 0.15) is 19.4 Å². The minimum Gasteiger partial charge on any atom is -0.224 e. The van der Waals surface area contributed by atoms with E-state index < -0.39 is 15.7 Å². The zero-order chi connectivity index (χ0) is 12.1. The van der Waals surface area contributed by atoms with Crippen LogP contribution in [0.15, 0.2) is 23.1 Å². The monoisotopic (exact) mass is 229 g/mol. The Labute approximate surface area is 89.1 Å². The molecule has 0 unspecified atom stereocenters. The van der Waals surface area contributed by atoms with Crippen LogP contribution in [0.3, 0.4) is 0 Å². The molecule has 0 atom stereocenters. The maximum absolute atomic E-state index is 12.7. The second-order valence-corrected chi connectivity index (χ2v) is 4.58. The molecule has 0 N–H and O–H groups in total. The lowest BCUT2D eigenvalue weighted by molar-refractivity contribution is 0.595. The van der Waals surface area contributed by atoms with E-state index in [0.717, 1.165) is 24.5 Å². The molecule has 82 valence electrons. The Morgan fingerprint density at radius 3 is 2.20 bits per heavy atom. The molecular weight excluding hydrogens is 217 g/mol. The summed E-state index contributed by atoms with van der Waals surface area (Å²) in [6.45, 7) is 4.00. The van der Waals surface area contributed by atoms with Crippen molar-refractivity contribution in [3.63, 3.8) is 0 Å². The van der Waals surface area contributed by atoms with Gasteiger partial charge >= 0.3 is 0 Å². The van der Waals surface area contributed by atoms with Crippen molar-refractivity contribution in [3.05, 3.63) is 29.6 Å². The van der Waals surface area contributed by atoms with Crippen LogP contribution in [0.4, 0.5) is 4.39 Å². The first-order chi connectivity index (χ1) is 6.93. The SMILES string of the molecule is CC.CS(=O)(=O)c1cc(F)cc(C#N)c1. The van der Waals surface area contributed by atoms with Crippen LogP contribution in [0, 0.1) is 17.1 Å². The van der Waals surface area contributed by atoms with E-state index in [1.54, 1.807) is 6.07 Å². The average molecular weight is 229 g/mol. The van der Waals surface area contributed by atoms with Crippen molar-refractivity contribution in [2.75, 3.05) is 6.26 Å². The molecule has 0 radical (unpaired) electrons. The molecule has 0 fully saturated rings. The highest BCUT2D eigenvalue weighted by Gasteiger charge is 2.09. The fourth-order valence-corrected chi connectivity index (χ4v) is 1.51. The number of rotatable bonds is 1. The van der Waals surface area contributed by atoms with E-state index in [9.17, 15) is 12.8 Å². The maximum atomic E-state index is 12.7. The van der Waals surface area contributed by atoms with E-state index in [2.05, 4.69) is 0 Å². The van der Waals surface area contributed by atoms with Crippen molar-refractivity contribution in [1.29, 1.82) is 5.26 Å². The molecule has 0 aliphatic rings. The predicted molar refractivity (Wildman–Crippen MR) is 55.6 cm³/mol. The molecule has 0 saturated heterocycles. The largest absolute Gasteiger partial charge is 0.224 e. The summed E-state index contributed by atoms with van der Waals surface area (Å²) in [4.78, 5) is -0.177. The highest BCUT2D eigenvalue weighted by molar-refractivity contribution is 7.90.